The van der Waals surface area contributed by atoms with Gasteiger partial charge in [-0.1, -0.05) is 17.7 Å². The molecule has 0 aliphatic carbocycles. The Morgan fingerprint density at radius 3 is 2.67 bits per heavy atom. The molecule has 1 aromatic rings. The number of carbonyl (C=O) groups is 3. The smallest absolute Gasteiger partial charge is 0.303 e. The van der Waals surface area contributed by atoms with Crippen LogP contribution in [0.1, 0.15) is 23.2 Å². The monoisotopic (exact) mass is 312 g/mol. The lowest BCUT2D eigenvalue weighted by atomic mass is 10.2. The third kappa shape index (κ3) is 6.27. The summed E-state index contributed by atoms with van der Waals surface area (Å²) in [6.45, 7) is 0.188. The Bertz CT molecular complexity index is 533. The van der Waals surface area contributed by atoms with Crippen molar-refractivity contribution in [1.82, 2.24) is 10.2 Å². The highest BCUT2D eigenvalue weighted by Gasteiger charge is 2.12. The molecule has 0 aliphatic rings. The second-order valence-corrected chi connectivity index (χ2v) is 4.94. The van der Waals surface area contributed by atoms with Gasteiger partial charge in [0.1, 0.15) is 0 Å². The van der Waals surface area contributed by atoms with Crippen LogP contribution in [0.25, 0.3) is 0 Å². The fourth-order valence-corrected chi connectivity index (χ4v) is 1.81. The van der Waals surface area contributed by atoms with Gasteiger partial charge in [-0.15, -0.1) is 0 Å². The van der Waals surface area contributed by atoms with Crippen molar-refractivity contribution in [2.75, 3.05) is 20.1 Å². The van der Waals surface area contributed by atoms with E-state index in [2.05, 4.69) is 5.32 Å². The molecule has 6 nitrogen and oxygen atoms in total. The fraction of sp³-hybridized carbons (Fsp3) is 0.357. The third-order valence-corrected chi connectivity index (χ3v) is 3.03. The zero-order chi connectivity index (χ0) is 15.8. The molecule has 0 radical (unpaired) electrons. The lowest BCUT2D eigenvalue weighted by molar-refractivity contribution is -0.137. The topological polar surface area (TPSA) is 86.7 Å². The standard InChI is InChI=1S/C14H17ClN2O4/c1-17(7-3-6-13(19)20)12(18)9-16-14(21)10-4-2-5-11(15)8-10/h2,4-5,8H,3,6-7,9H2,1H3,(H,16,21)(H,19,20). The van der Waals surface area contributed by atoms with E-state index in [4.69, 9.17) is 16.7 Å². The summed E-state index contributed by atoms with van der Waals surface area (Å²) < 4.78 is 0. The Morgan fingerprint density at radius 1 is 1.33 bits per heavy atom. The Balaban J connectivity index is 2.38. The van der Waals surface area contributed by atoms with Crippen LogP contribution in [-0.2, 0) is 9.59 Å². The minimum Gasteiger partial charge on any atom is -0.481 e. The zero-order valence-electron chi connectivity index (χ0n) is 11.6. The first-order valence-electron chi connectivity index (χ1n) is 6.39. The molecule has 2 N–H and O–H groups in total. The minimum absolute atomic E-state index is 0.00644. The van der Waals surface area contributed by atoms with Crippen LogP contribution >= 0.6 is 11.6 Å². The van der Waals surface area contributed by atoms with E-state index in [9.17, 15) is 14.4 Å². The number of carboxylic acids is 1. The van der Waals surface area contributed by atoms with Crippen LogP contribution < -0.4 is 5.32 Å². The van der Waals surface area contributed by atoms with Crippen molar-refractivity contribution in [3.8, 4) is 0 Å². The van der Waals surface area contributed by atoms with Crippen LogP contribution in [0.5, 0.6) is 0 Å². The number of hydrogen-bond acceptors (Lipinski definition) is 3. The van der Waals surface area contributed by atoms with E-state index in [1.165, 1.54) is 11.0 Å². The highest BCUT2D eigenvalue weighted by molar-refractivity contribution is 6.30. The first kappa shape index (κ1) is 17.0. The van der Waals surface area contributed by atoms with Crippen molar-refractivity contribution in [1.29, 1.82) is 0 Å². The summed E-state index contributed by atoms with van der Waals surface area (Å²) in [5.41, 5.74) is 0.379. The summed E-state index contributed by atoms with van der Waals surface area (Å²) in [5.74, 6) is -1.56. The Labute approximate surface area is 127 Å². The summed E-state index contributed by atoms with van der Waals surface area (Å²) in [5, 5.41) is 11.5. The number of nitrogens with one attached hydrogen (secondary N) is 1. The quantitative estimate of drug-likeness (QED) is 0.796. The number of nitrogens with zero attached hydrogens (tertiary/aromatic N) is 1. The van der Waals surface area contributed by atoms with Crippen LogP contribution in [0, 0.1) is 0 Å². The summed E-state index contributed by atoms with van der Waals surface area (Å²) in [7, 11) is 1.57. The average molecular weight is 313 g/mol. The number of aliphatic carboxylic acids is 1. The Hall–Kier alpha value is -2.08. The second-order valence-electron chi connectivity index (χ2n) is 4.51. The molecule has 0 aliphatic heterocycles. The normalized spacial score (nSPS) is 10.0. The van der Waals surface area contributed by atoms with Crippen molar-refractivity contribution in [2.45, 2.75) is 12.8 Å². The van der Waals surface area contributed by atoms with Crippen molar-refractivity contribution in [3.63, 3.8) is 0 Å². The van der Waals surface area contributed by atoms with Crippen molar-refractivity contribution >= 4 is 29.4 Å². The molecule has 114 valence electrons. The van der Waals surface area contributed by atoms with Crippen molar-refractivity contribution in [3.05, 3.63) is 34.9 Å². The number of carboxylic acid groups (broad SMARTS) is 1. The van der Waals surface area contributed by atoms with E-state index in [0.29, 0.717) is 23.6 Å². The van der Waals surface area contributed by atoms with E-state index < -0.39 is 5.97 Å². The number of likely N-dealkylation sites (N-methyl/N-ethyl adjacent to an activating group) is 1. The van der Waals surface area contributed by atoms with E-state index in [0.717, 1.165) is 0 Å². The van der Waals surface area contributed by atoms with Gasteiger partial charge < -0.3 is 15.3 Å². The lowest BCUT2D eigenvalue weighted by Gasteiger charge is -2.16. The largest absolute Gasteiger partial charge is 0.481 e. The van der Waals surface area contributed by atoms with Gasteiger partial charge in [0.2, 0.25) is 5.91 Å². The number of halogens is 1. The maximum absolute atomic E-state index is 11.8. The summed E-state index contributed by atoms with van der Waals surface area (Å²) in [4.78, 5) is 35.3. The Kier molecular flexibility index (Phi) is 6.68. The molecule has 0 saturated heterocycles. The molecule has 0 saturated carbocycles. The summed E-state index contributed by atoms with van der Waals surface area (Å²) in [6.07, 6.45) is 0.381. The van der Waals surface area contributed by atoms with Gasteiger partial charge >= 0.3 is 5.97 Å². The maximum Gasteiger partial charge on any atom is 0.303 e. The molecule has 0 fully saturated rings. The molecule has 1 aromatic carbocycles. The van der Waals surface area contributed by atoms with E-state index >= 15 is 0 Å². The van der Waals surface area contributed by atoms with Crippen LogP contribution in [0.4, 0.5) is 0 Å². The number of hydrogen-bond donors (Lipinski definition) is 2. The highest BCUT2D eigenvalue weighted by Crippen LogP contribution is 2.10. The second kappa shape index (κ2) is 8.26. The molecule has 0 aromatic heterocycles. The number of benzene rings is 1. The van der Waals surface area contributed by atoms with E-state index in [-0.39, 0.29) is 24.8 Å². The number of amides is 2. The molecule has 0 spiro atoms. The number of carbonyl (C=O) groups excluding carboxylic acids is 2. The van der Waals surface area contributed by atoms with Crippen LogP contribution in [0.2, 0.25) is 5.02 Å². The van der Waals surface area contributed by atoms with E-state index in [1.54, 1.807) is 25.2 Å². The maximum atomic E-state index is 11.8. The molecule has 7 heteroatoms. The van der Waals surface area contributed by atoms with Gasteiger partial charge in [0, 0.05) is 30.6 Å². The van der Waals surface area contributed by atoms with Gasteiger partial charge in [0.05, 0.1) is 6.54 Å². The molecule has 21 heavy (non-hydrogen) atoms. The molecule has 0 heterocycles. The predicted molar refractivity (Wildman–Crippen MR) is 78.3 cm³/mol. The van der Waals surface area contributed by atoms with Crippen LogP contribution in [-0.4, -0.2) is 47.9 Å². The minimum atomic E-state index is -0.898. The van der Waals surface area contributed by atoms with Gasteiger partial charge in [-0.3, -0.25) is 14.4 Å². The SMILES string of the molecule is CN(CCCC(=O)O)C(=O)CNC(=O)c1cccc(Cl)c1. The molecule has 0 atom stereocenters. The molecule has 2 amide bonds. The van der Waals surface area contributed by atoms with Crippen molar-refractivity contribution < 1.29 is 19.5 Å². The molecule has 0 bridgehead atoms. The lowest BCUT2D eigenvalue weighted by Crippen LogP contribution is -2.38. The van der Waals surface area contributed by atoms with Gasteiger partial charge in [0.25, 0.3) is 5.91 Å². The van der Waals surface area contributed by atoms with Gasteiger partial charge in [-0.25, -0.2) is 0 Å². The van der Waals surface area contributed by atoms with Crippen LogP contribution in [0.3, 0.4) is 0 Å². The molecule has 0 unspecified atom stereocenters. The number of rotatable bonds is 7. The zero-order valence-corrected chi connectivity index (χ0v) is 12.4. The first-order valence-corrected chi connectivity index (χ1v) is 6.77. The highest BCUT2D eigenvalue weighted by atomic mass is 35.5. The first-order chi connectivity index (χ1) is 9.90. The Morgan fingerprint density at radius 2 is 2.05 bits per heavy atom. The summed E-state index contributed by atoms with van der Waals surface area (Å²) >= 11 is 5.78. The van der Waals surface area contributed by atoms with Crippen molar-refractivity contribution in [2.24, 2.45) is 0 Å². The van der Waals surface area contributed by atoms with Crippen LogP contribution in [0.15, 0.2) is 24.3 Å². The molecular formula is C14H17ClN2O4. The average Bonchev–Trinajstić information content (AvgIpc) is 2.43. The fourth-order valence-electron chi connectivity index (χ4n) is 1.61. The summed E-state index contributed by atoms with van der Waals surface area (Å²) in [6, 6.07) is 6.41. The van der Waals surface area contributed by atoms with Gasteiger partial charge in [-0.05, 0) is 24.6 Å². The van der Waals surface area contributed by atoms with E-state index in [1.807, 2.05) is 0 Å². The third-order valence-electron chi connectivity index (χ3n) is 2.80. The molecular weight excluding hydrogens is 296 g/mol. The predicted octanol–water partition coefficient (Wildman–Crippen LogP) is 1.39. The van der Waals surface area contributed by atoms with Gasteiger partial charge in [-0.2, -0.15) is 0 Å². The van der Waals surface area contributed by atoms with Gasteiger partial charge in [0.15, 0.2) is 0 Å². The molecule has 1 rings (SSSR count).